The van der Waals surface area contributed by atoms with Gasteiger partial charge in [0.1, 0.15) is 11.3 Å². The number of alkyl halides is 6. The van der Waals surface area contributed by atoms with Crippen LogP contribution >= 0.6 is 0 Å². The number of terminal acetylenes is 1. The number of rotatable bonds is 3. The maximum absolute atomic E-state index is 12.8. The van der Waals surface area contributed by atoms with Crippen LogP contribution in [0.1, 0.15) is 5.56 Å². The summed E-state index contributed by atoms with van der Waals surface area (Å²) in [5.41, 5.74) is -2.92. The molecule has 128 valence electrons. The molecule has 0 aliphatic rings. The molecule has 24 heavy (non-hydrogen) atoms. The Labute approximate surface area is 130 Å². The van der Waals surface area contributed by atoms with Crippen molar-refractivity contribution in [2.45, 2.75) is 19.1 Å². The number of hydrogen-bond acceptors (Lipinski definition) is 2. The largest absolute Gasteiger partial charge is 0.573 e. The Morgan fingerprint density at radius 1 is 1.08 bits per heavy atom. The quantitative estimate of drug-likeness (QED) is 0.630. The van der Waals surface area contributed by atoms with Crippen LogP contribution in [-0.2, 0) is 12.7 Å². The highest BCUT2D eigenvalue weighted by molar-refractivity contribution is 5.38. The van der Waals surface area contributed by atoms with Gasteiger partial charge in [-0.05, 0) is 24.3 Å². The zero-order valence-corrected chi connectivity index (χ0v) is 11.6. The van der Waals surface area contributed by atoms with Gasteiger partial charge in [-0.3, -0.25) is 9.48 Å². The summed E-state index contributed by atoms with van der Waals surface area (Å²) < 4.78 is 79.9. The van der Waals surface area contributed by atoms with Crippen molar-refractivity contribution in [3.63, 3.8) is 0 Å². The molecule has 0 radical (unpaired) electrons. The van der Waals surface area contributed by atoms with E-state index in [4.69, 9.17) is 6.42 Å². The van der Waals surface area contributed by atoms with Gasteiger partial charge in [-0.2, -0.15) is 13.2 Å². The van der Waals surface area contributed by atoms with E-state index in [1.807, 2.05) is 0 Å². The fourth-order valence-corrected chi connectivity index (χ4v) is 1.95. The maximum atomic E-state index is 12.8. The summed E-state index contributed by atoms with van der Waals surface area (Å²) >= 11 is 0. The molecule has 0 unspecified atom stereocenters. The summed E-state index contributed by atoms with van der Waals surface area (Å²) in [4.78, 5) is 12.0. The van der Waals surface area contributed by atoms with Crippen molar-refractivity contribution in [2.24, 2.45) is 0 Å². The second kappa shape index (κ2) is 5.99. The van der Waals surface area contributed by atoms with Crippen LogP contribution in [0, 0.1) is 12.3 Å². The Morgan fingerprint density at radius 2 is 1.67 bits per heavy atom. The minimum Gasteiger partial charge on any atom is -0.406 e. The first kappa shape index (κ1) is 17.5. The Kier molecular flexibility index (Phi) is 4.38. The smallest absolute Gasteiger partial charge is 0.406 e. The fraction of sp³-hybridized carbons (Fsp3) is 0.214. The van der Waals surface area contributed by atoms with E-state index in [0.29, 0.717) is 10.9 Å². The van der Waals surface area contributed by atoms with Crippen molar-refractivity contribution in [3.8, 4) is 23.8 Å². The molecule has 1 heterocycles. The van der Waals surface area contributed by atoms with E-state index >= 15 is 0 Å². The van der Waals surface area contributed by atoms with Crippen molar-refractivity contribution >= 4 is 0 Å². The molecule has 0 aliphatic carbocycles. The highest BCUT2D eigenvalue weighted by atomic mass is 19.4. The monoisotopic (exact) mass is 350 g/mol. The number of aromatic nitrogens is 2. The maximum Gasteiger partial charge on any atom is 0.573 e. The van der Waals surface area contributed by atoms with Crippen molar-refractivity contribution in [1.82, 2.24) is 9.36 Å². The van der Waals surface area contributed by atoms with Crippen molar-refractivity contribution < 1.29 is 31.1 Å². The SMILES string of the molecule is C#CCn1cc(C(F)(F)F)c(=O)n1-c1ccc(OC(F)(F)F)cc1. The first-order valence-corrected chi connectivity index (χ1v) is 6.22. The van der Waals surface area contributed by atoms with Crippen LogP contribution in [0.25, 0.3) is 5.69 Å². The van der Waals surface area contributed by atoms with Crippen LogP contribution in [-0.4, -0.2) is 15.7 Å². The molecule has 0 amide bonds. The third kappa shape index (κ3) is 3.73. The van der Waals surface area contributed by atoms with E-state index in [1.54, 1.807) is 0 Å². The molecular formula is C14H8F6N2O2. The third-order valence-corrected chi connectivity index (χ3v) is 2.83. The van der Waals surface area contributed by atoms with E-state index in [-0.39, 0.29) is 12.2 Å². The molecule has 2 rings (SSSR count). The van der Waals surface area contributed by atoms with Gasteiger partial charge in [-0.1, -0.05) is 5.92 Å². The van der Waals surface area contributed by atoms with Crippen LogP contribution in [0.2, 0.25) is 0 Å². The zero-order valence-electron chi connectivity index (χ0n) is 11.6. The molecule has 0 saturated carbocycles. The summed E-state index contributed by atoms with van der Waals surface area (Å²) in [6.07, 6.45) is -4.20. The van der Waals surface area contributed by atoms with Crippen LogP contribution in [0.3, 0.4) is 0 Å². The summed E-state index contributed by atoms with van der Waals surface area (Å²) in [6.45, 7) is -0.341. The van der Waals surface area contributed by atoms with Gasteiger partial charge in [-0.15, -0.1) is 19.6 Å². The predicted molar refractivity (Wildman–Crippen MR) is 70.5 cm³/mol. The Bertz CT molecular complexity index is 821. The second-order valence-electron chi connectivity index (χ2n) is 4.50. The van der Waals surface area contributed by atoms with Crippen LogP contribution in [0.4, 0.5) is 26.3 Å². The number of halogens is 6. The fourth-order valence-electron chi connectivity index (χ4n) is 1.95. The summed E-state index contributed by atoms with van der Waals surface area (Å²) in [5.74, 6) is 1.51. The van der Waals surface area contributed by atoms with Gasteiger partial charge in [0.25, 0.3) is 5.56 Å². The van der Waals surface area contributed by atoms with Crippen LogP contribution in [0.5, 0.6) is 5.75 Å². The van der Waals surface area contributed by atoms with E-state index in [9.17, 15) is 31.1 Å². The van der Waals surface area contributed by atoms with Crippen LogP contribution in [0.15, 0.2) is 35.3 Å². The van der Waals surface area contributed by atoms with Gasteiger partial charge < -0.3 is 4.74 Å². The van der Waals surface area contributed by atoms with Gasteiger partial charge in [-0.25, -0.2) is 4.68 Å². The molecule has 10 heteroatoms. The number of hydrogen-bond donors (Lipinski definition) is 0. The van der Waals surface area contributed by atoms with E-state index in [1.165, 1.54) is 0 Å². The minimum absolute atomic E-state index is 0.0970. The third-order valence-electron chi connectivity index (χ3n) is 2.83. The number of benzene rings is 1. The Hall–Kier alpha value is -2.83. The highest BCUT2D eigenvalue weighted by Crippen LogP contribution is 2.28. The molecule has 0 saturated heterocycles. The second-order valence-corrected chi connectivity index (χ2v) is 4.50. The van der Waals surface area contributed by atoms with Crippen molar-refractivity contribution in [3.05, 3.63) is 46.4 Å². The predicted octanol–water partition coefficient (Wildman–Crippen LogP) is 3.19. The summed E-state index contributed by atoms with van der Waals surface area (Å²) in [5, 5.41) is 0. The molecule has 0 N–H and O–H groups in total. The first-order valence-electron chi connectivity index (χ1n) is 6.22. The molecule has 0 bridgehead atoms. The molecule has 0 aliphatic heterocycles. The lowest BCUT2D eigenvalue weighted by Gasteiger charge is -2.11. The van der Waals surface area contributed by atoms with Gasteiger partial charge in [0.15, 0.2) is 0 Å². The summed E-state index contributed by atoms with van der Waals surface area (Å²) in [6, 6.07) is 3.76. The normalized spacial score (nSPS) is 12.0. The van der Waals surface area contributed by atoms with Crippen LogP contribution < -0.4 is 10.3 Å². The average molecular weight is 350 g/mol. The van der Waals surface area contributed by atoms with Crippen molar-refractivity contribution in [1.29, 1.82) is 0 Å². The topological polar surface area (TPSA) is 36.2 Å². The van der Waals surface area contributed by atoms with Crippen molar-refractivity contribution in [2.75, 3.05) is 0 Å². The lowest BCUT2D eigenvalue weighted by molar-refractivity contribution is -0.274. The lowest BCUT2D eigenvalue weighted by Crippen LogP contribution is -2.25. The van der Waals surface area contributed by atoms with Gasteiger partial charge in [0.05, 0.1) is 12.2 Å². The molecule has 1 aromatic heterocycles. The molecule has 1 aromatic carbocycles. The van der Waals surface area contributed by atoms with E-state index in [2.05, 4.69) is 10.7 Å². The van der Waals surface area contributed by atoms with Gasteiger partial charge in [0, 0.05) is 6.20 Å². The summed E-state index contributed by atoms with van der Waals surface area (Å²) in [7, 11) is 0. The Morgan fingerprint density at radius 3 is 2.12 bits per heavy atom. The van der Waals surface area contributed by atoms with Gasteiger partial charge in [0.2, 0.25) is 0 Å². The lowest BCUT2D eigenvalue weighted by atomic mass is 10.3. The first-order chi connectivity index (χ1) is 11.0. The highest BCUT2D eigenvalue weighted by Gasteiger charge is 2.37. The zero-order chi connectivity index (χ0) is 18.1. The molecule has 0 spiro atoms. The number of ether oxygens (including phenoxy) is 1. The molecule has 0 fully saturated rings. The molecule has 4 nitrogen and oxygen atoms in total. The molecule has 0 atom stereocenters. The molecular weight excluding hydrogens is 342 g/mol. The van der Waals surface area contributed by atoms with E-state index in [0.717, 1.165) is 28.9 Å². The average Bonchev–Trinajstić information content (AvgIpc) is 2.75. The van der Waals surface area contributed by atoms with Gasteiger partial charge >= 0.3 is 12.5 Å². The standard InChI is InChI=1S/C14H8F6N2O2/c1-2-7-21-8-11(13(15,16)17)12(23)22(21)9-3-5-10(6-4-9)24-14(18,19)20/h1,3-6,8H,7H2. The Balaban J connectivity index is 2.50. The van der Waals surface area contributed by atoms with E-state index < -0.39 is 29.4 Å². The number of nitrogens with zero attached hydrogens (tertiary/aromatic N) is 2. The minimum atomic E-state index is -4.91. The molecule has 2 aromatic rings.